The number of morpholine rings is 1. The second-order valence-electron chi connectivity index (χ2n) is 8.42. The summed E-state index contributed by atoms with van der Waals surface area (Å²) in [6.45, 7) is 6.81. The smallest absolute Gasteiger partial charge is 0.304 e. The van der Waals surface area contributed by atoms with Crippen LogP contribution < -0.4 is 10.2 Å². The molecule has 1 saturated heterocycles. The second-order valence-corrected chi connectivity index (χ2v) is 8.42. The number of anilines is 3. The normalized spacial score (nSPS) is 17.1. The molecular formula is C25H31N3O4. The van der Waals surface area contributed by atoms with Gasteiger partial charge in [0.1, 0.15) is 0 Å². The van der Waals surface area contributed by atoms with Crippen LogP contribution in [-0.2, 0) is 14.3 Å². The molecule has 0 spiro atoms. The van der Waals surface area contributed by atoms with Crippen molar-refractivity contribution >= 4 is 23.0 Å². The second kappa shape index (κ2) is 11.0. The number of carboxylic acid groups (broad SMARTS) is 1. The zero-order chi connectivity index (χ0) is 23.1. The Morgan fingerprint density at radius 2 is 2.06 bits per heavy atom. The molecule has 2 N–H and O–H groups in total. The van der Waals surface area contributed by atoms with E-state index in [-0.39, 0.29) is 18.4 Å². The first-order chi connectivity index (χ1) is 15.4. The van der Waals surface area contributed by atoms with E-state index in [0.29, 0.717) is 31.3 Å². The molecule has 7 nitrogen and oxygen atoms in total. The summed E-state index contributed by atoms with van der Waals surface area (Å²) in [5.74, 6) is -0.699. The minimum Gasteiger partial charge on any atom is -0.481 e. The quantitative estimate of drug-likeness (QED) is 0.601. The molecule has 32 heavy (non-hydrogen) atoms. The van der Waals surface area contributed by atoms with Gasteiger partial charge in [0.05, 0.1) is 55.3 Å². The highest BCUT2D eigenvalue weighted by Crippen LogP contribution is 2.36. The summed E-state index contributed by atoms with van der Waals surface area (Å²) in [5, 5.41) is 21.9. The standard InChI is InChI=1S/C25H31N3O4/c1-17(2)24-16-32-11-10-28(24)23-9-6-19(20(15-31-3)13-25(29)30)12-22(23)27-21-7-4-18(14-26)5-8-21/h4-9,12,17,20,24,27H,10-11,13,15-16H2,1-3H3,(H,29,30)/t20?,24-/m0/s1. The van der Waals surface area contributed by atoms with Crippen molar-refractivity contribution < 1.29 is 19.4 Å². The lowest BCUT2D eigenvalue weighted by molar-refractivity contribution is -0.137. The molecule has 170 valence electrons. The van der Waals surface area contributed by atoms with Gasteiger partial charge in [0.2, 0.25) is 0 Å². The fourth-order valence-electron chi connectivity index (χ4n) is 4.10. The maximum Gasteiger partial charge on any atom is 0.304 e. The number of aliphatic carboxylic acids is 1. The van der Waals surface area contributed by atoms with Crippen molar-refractivity contribution in [1.29, 1.82) is 5.26 Å². The Kier molecular flexibility index (Phi) is 8.09. The molecule has 1 aliphatic heterocycles. The van der Waals surface area contributed by atoms with Gasteiger partial charge in [0.25, 0.3) is 0 Å². The van der Waals surface area contributed by atoms with Crippen LogP contribution in [0.3, 0.4) is 0 Å². The summed E-state index contributed by atoms with van der Waals surface area (Å²) < 4.78 is 11.0. The molecule has 0 bridgehead atoms. The summed E-state index contributed by atoms with van der Waals surface area (Å²) >= 11 is 0. The highest BCUT2D eigenvalue weighted by atomic mass is 16.5. The molecule has 0 saturated carbocycles. The van der Waals surface area contributed by atoms with Crippen LogP contribution in [0.5, 0.6) is 0 Å². The average molecular weight is 438 g/mol. The average Bonchev–Trinajstić information content (AvgIpc) is 2.79. The third-order valence-electron chi connectivity index (χ3n) is 5.82. The molecule has 1 heterocycles. The minimum atomic E-state index is -0.856. The third-order valence-corrected chi connectivity index (χ3v) is 5.82. The van der Waals surface area contributed by atoms with Gasteiger partial charge >= 0.3 is 5.97 Å². The van der Waals surface area contributed by atoms with Crippen LogP contribution in [0.1, 0.15) is 37.3 Å². The summed E-state index contributed by atoms with van der Waals surface area (Å²) in [6.07, 6.45) is -0.00430. The van der Waals surface area contributed by atoms with Crippen molar-refractivity contribution in [1.82, 2.24) is 0 Å². The molecule has 0 radical (unpaired) electrons. The van der Waals surface area contributed by atoms with E-state index in [1.807, 2.05) is 24.3 Å². The summed E-state index contributed by atoms with van der Waals surface area (Å²) in [4.78, 5) is 13.8. The molecule has 2 aromatic rings. The lowest BCUT2D eigenvalue weighted by Crippen LogP contribution is -2.48. The van der Waals surface area contributed by atoms with Crippen LogP contribution in [-0.4, -0.2) is 50.6 Å². The van der Waals surface area contributed by atoms with Gasteiger partial charge in [-0.25, -0.2) is 0 Å². The van der Waals surface area contributed by atoms with Crippen LogP contribution in [0.25, 0.3) is 0 Å². The minimum absolute atomic E-state index is 0.00430. The Morgan fingerprint density at radius 3 is 2.69 bits per heavy atom. The Hall–Kier alpha value is -3.08. The predicted molar refractivity (Wildman–Crippen MR) is 125 cm³/mol. The predicted octanol–water partition coefficient (Wildman–Crippen LogP) is 4.37. The molecule has 1 aliphatic rings. The molecule has 2 aromatic carbocycles. The fourth-order valence-corrected chi connectivity index (χ4v) is 4.10. The van der Waals surface area contributed by atoms with Crippen LogP contribution in [0.2, 0.25) is 0 Å². The van der Waals surface area contributed by atoms with E-state index in [1.165, 1.54) is 0 Å². The highest BCUT2D eigenvalue weighted by Gasteiger charge is 2.28. The molecule has 1 unspecified atom stereocenters. The SMILES string of the molecule is COCC(CC(=O)O)c1ccc(N2CCOC[C@H]2C(C)C)c(Nc2ccc(C#N)cc2)c1. The van der Waals surface area contributed by atoms with E-state index >= 15 is 0 Å². The van der Waals surface area contributed by atoms with Crippen LogP contribution in [0.15, 0.2) is 42.5 Å². The van der Waals surface area contributed by atoms with Crippen LogP contribution in [0, 0.1) is 17.2 Å². The lowest BCUT2D eigenvalue weighted by atomic mass is 9.94. The lowest BCUT2D eigenvalue weighted by Gasteiger charge is -2.40. The maximum atomic E-state index is 11.4. The van der Waals surface area contributed by atoms with Gasteiger partial charge in [0.15, 0.2) is 0 Å². The first-order valence-corrected chi connectivity index (χ1v) is 10.9. The van der Waals surface area contributed by atoms with Gasteiger partial charge in [-0.05, 0) is 47.9 Å². The Bertz CT molecular complexity index is 953. The molecule has 0 aromatic heterocycles. The number of carbonyl (C=O) groups is 1. The van der Waals surface area contributed by atoms with Gasteiger partial charge in [-0.2, -0.15) is 5.26 Å². The molecule has 0 amide bonds. The number of ether oxygens (including phenoxy) is 2. The largest absolute Gasteiger partial charge is 0.481 e. The van der Waals surface area contributed by atoms with Crippen molar-refractivity contribution in [2.75, 3.05) is 43.7 Å². The van der Waals surface area contributed by atoms with Crippen LogP contribution in [0.4, 0.5) is 17.1 Å². The number of carboxylic acids is 1. The van der Waals surface area contributed by atoms with E-state index in [1.54, 1.807) is 19.2 Å². The molecule has 2 atom stereocenters. The van der Waals surface area contributed by atoms with E-state index in [2.05, 4.69) is 36.2 Å². The first-order valence-electron chi connectivity index (χ1n) is 10.9. The van der Waals surface area contributed by atoms with Crippen molar-refractivity contribution in [2.45, 2.75) is 32.2 Å². The van der Waals surface area contributed by atoms with Gasteiger partial charge in [-0.3, -0.25) is 4.79 Å². The van der Waals surface area contributed by atoms with Crippen molar-refractivity contribution in [2.24, 2.45) is 5.92 Å². The Balaban J connectivity index is 2.02. The Labute approximate surface area is 189 Å². The molecule has 3 rings (SSSR count). The molecule has 0 aliphatic carbocycles. The van der Waals surface area contributed by atoms with Crippen molar-refractivity contribution in [3.63, 3.8) is 0 Å². The van der Waals surface area contributed by atoms with E-state index < -0.39 is 5.97 Å². The van der Waals surface area contributed by atoms with E-state index in [4.69, 9.17) is 14.7 Å². The topological polar surface area (TPSA) is 94.8 Å². The number of nitrogens with zero attached hydrogens (tertiary/aromatic N) is 2. The number of nitriles is 1. The number of rotatable bonds is 9. The highest BCUT2D eigenvalue weighted by molar-refractivity contribution is 5.77. The van der Waals surface area contributed by atoms with Gasteiger partial charge in [-0.1, -0.05) is 19.9 Å². The summed E-state index contributed by atoms with van der Waals surface area (Å²) in [5.41, 5.74) is 4.30. The molecule has 1 fully saturated rings. The van der Waals surface area contributed by atoms with Gasteiger partial charge in [0, 0.05) is 25.3 Å². The number of hydrogen-bond acceptors (Lipinski definition) is 6. The first kappa shape index (κ1) is 23.6. The van der Waals surface area contributed by atoms with E-state index in [9.17, 15) is 9.90 Å². The van der Waals surface area contributed by atoms with Gasteiger partial charge in [-0.15, -0.1) is 0 Å². The molecular weight excluding hydrogens is 406 g/mol. The summed E-state index contributed by atoms with van der Waals surface area (Å²) in [6, 6.07) is 15.8. The van der Waals surface area contributed by atoms with E-state index in [0.717, 1.165) is 29.2 Å². The number of nitrogens with one attached hydrogen (secondary N) is 1. The number of hydrogen-bond donors (Lipinski definition) is 2. The maximum absolute atomic E-state index is 11.4. The molecule has 7 heteroatoms. The zero-order valence-corrected chi connectivity index (χ0v) is 18.9. The van der Waals surface area contributed by atoms with Crippen molar-refractivity contribution in [3.05, 3.63) is 53.6 Å². The summed E-state index contributed by atoms with van der Waals surface area (Å²) in [7, 11) is 1.58. The third kappa shape index (κ3) is 5.78. The monoisotopic (exact) mass is 437 g/mol. The fraction of sp³-hybridized carbons (Fsp3) is 0.440. The number of benzene rings is 2. The van der Waals surface area contributed by atoms with Crippen molar-refractivity contribution in [3.8, 4) is 6.07 Å². The zero-order valence-electron chi connectivity index (χ0n) is 18.9. The van der Waals surface area contributed by atoms with Gasteiger partial charge < -0.3 is 24.8 Å². The number of methoxy groups -OCH3 is 1. The Morgan fingerprint density at radius 1 is 1.31 bits per heavy atom. The van der Waals surface area contributed by atoms with Crippen LogP contribution >= 0.6 is 0 Å².